The van der Waals surface area contributed by atoms with Crippen LogP contribution in [-0.2, 0) is 0 Å². The Morgan fingerprint density at radius 1 is 1.47 bits per heavy atom. The molecule has 2 amide bonds. The predicted molar refractivity (Wildman–Crippen MR) is 72.7 cm³/mol. The number of aliphatic hydroxyl groups is 1. The molecule has 106 valence electrons. The second-order valence-corrected chi connectivity index (χ2v) is 5.68. The van der Waals surface area contributed by atoms with Crippen LogP contribution in [0.2, 0.25) is 5.02 Å². The molecule has 1 atom stereocenters. The molecule has 1 aromatic rings. The number of hydrogen-bond donors (Lipinski definition) is 3. The Bertz CT molecular complexity index is 460. The van der Waals surface area contributed by atoms with Gasteiger partial charge in [-0.3, -0.25) is 0 Å². The maximum atomic E-state index is 13.2. The van der Waals surface area contributed by atoms with Gasteiger partial charge in [-0.05, 0) is 38.5 Å². The van der Waals surface area contributed by atoms with Gasteiger partial charge in [0.05, 0.1) is 11.1 Å². The van der Waals surface area contributed by atoms with Crippen LogP contribution in [-0.4, -0.2) is 23.2 Å². The lowest BCUT2D eigenvalue weighted by atomic mass is 10.1. The van der Waals surface area contributed by atoms with Crippen LogP contribution in [0.25, 0.3) is 0 Å². The van der Waals surface area contributed by atoms with Gasteiger partial charge in [0.15, 0.2) is 0 Å². The molecule has 0 aromatic heterocycles. The smallest absolute Gasteiger partial charge is 0.315 e. The van der Waals surface area contributed by atoms with Gasteiger partial charge < -0.3 is 15.7 Å². The highest BCUT2D eigenvalue weighted by Crippen LogP contribution is 2.19. The molecular formula is C13H18ClFN2O2. The fraction of sp³-hybridized carbons (Fsp3) is 0.462. The van der Waals surface area contributed by atoms with Crippen LogP contribution < -0.4 is 10.6 Å². The molecule has 0 aliphatic heterocycles. The number of benzene rings is 1. The highest BCUT2D eigenvalue weighted by Gasteiger charge is 2.15. The van der Waals surface area contributed by atoms with E-state index in [1.807, 2.05) is 20.8 Å². The number of urea groups is 1. The van der Waals surface area contributed by atoms with Gasteiger partial charge in [0.1, 0.15) is 5.82 Å². The van der Waals surface area contributed by atoms with E-state index in [0.29, 0.717) is 5.56 Å². The SMILES string of the molecule is CC(C)(C)NC(=O)NCC(O)c1ccc(Cl)c(F)c1. The van der Waals surface area contributed by atoms with Gasteiger partial charge in [0, 0.05) is 12.1 Å². The van der Waals surface area contributed by atoms with Gasteiger partial charge in [0.2, 0.25) is 0 Å². The normalized spacial score (nSPS) is 12.9. The van der Waals surface area contributed by atoms with Gasteiger partial charge in [-0.1, -0.05) is 17.7 Å². The molecule has 1 rings (SSSR count). The van der Waals surface area contributed by atoms with Gasteiger partial charge >= 0.3 is 6.03 Å². The van der Waals surface area contributed by atoms with E-state index >= 15 is 0 Å². The average Bonchev–Trinajstić information content (AvgIpc) is 2.27. The lowest BCUT2D eigenvalue weighted by molar-refractivity contribution is 0.171. The van der Waals surface area contributed by atoms with Crippen molar-refractivity contribution in [2.45, 2.75) is 32.4 Å². The third kappa shape index (κ3) is 5.44. The Balaban J connectivity index is 2.53. The van der Waals surface area contributed by atoms with E-state index in [2.05, 4.69) is 10.6 Å². The van der Waals surface area contributed by atoms with Crippen molar-refractivity contribution in [3.8, 4) is 0 Å². The Hall–Kier alpha value is -1.33. The van der Waals surface area contributed by atoms with Crippen molar-refractivity contribution in [2.75, 3.05) is 6.54 Å². The summed E-state index contributed by atoms with van der Waals surface area (Å²) in [6.07, 6.45) is -0.988. The van der Waals surface area contributed by atoms with Crippen molar-refractivity contribution in [1.29, 1.82) is 0 Å². The van der Waals surface area contributed by atoms with Gasteiger partial charge in [0.25, 0.3) is 0 Å². The third-order valence-electron chi connectivity index (χ3n) is 2.27. The first-order chi connectivity index (χ1) is 8.69. The summed E-state index contributed by atoms with van der Waals surface area (Å²) >= 11 is 5.55. The fourth-order valence-electron chi connectivity index (χ4n) is 1.41. The lowest BCUT2D eigenvalue weighted by Gasteiger charge is -2.21. The van der Waals surface area contributed by atoms with Crippen molar-refractivity contribution in [3.63, 3.8) is 0 Å². The van der Waals surface area contributed by atoms with Crippen LogP contribution in [0.5, 0.6) is 0 Å². The molecule has 0 bridgehead atoms. The number of halogens is 2. The van der Waals surface area contributed by atoms with Crippen LogP contribution in [0, 0.1) is 5.82 Å². The minimum Gasteiger partial charge on any atom is -0.387 e. The van der Waals surface area contributed by atoms with Crippen LogP contribution in [0.4, 0.5) is 9.18 Å². The summed E-state index contributed by atoms with van der Waals surface area (Å²) in [4.78, 5) is 11.5. The molecule has 0 radical (unpaired) electrons. The molecule has 1 unspecified atom stereocenters. The van der Waals surface area contributed by atoms with Gasteiger partial charge in [-0.25, -0.2) is 9.18 Å². The molecule has 0 saturated heterocycles. The molecule has 1 aromatic carbocycles. The number of nitrogens with one attached hydrogen (secondary N) is 2. The average molecular weight is 289 g/mol. The zero-order chi connectivity index (χ0) is 14.6. The van der Waals surface area contributed by atoms with E-state index in [9.17, 15) is 14.3 Å². The van der Waals surface area contributed by atoms with Crippen LogP contribution in [0.15, 0.2) is 18.2 Å². The Labute approximate surface area is 117 Å². The first kappa shape index (κ1) is 15.7. The molecule has 0 aliphatic rings. The molecule has 4 nitrogen and oxygen atoms in total. The van der Waals surface area contributed by atoms with Crippen LogP contribution in [0.3, 0.4) is 0 Å². The number of hydrogen-bond acceptors (Lipinski definition) is 2. The van der Waals surface area contributed by atoms with E-state index in [1.54, 1.807) is 0 Å². The Morgan fingerprint density at radius 3 is 2.63 bits per heavy atom. The number of carbonyl (C=O) groups is 1. The molecule has 0 aliphatic carbocycles. The zero-order valence-electron chi connectivity index (χ0n) is 11.1. The molecule has 0 fully saturated rings. The molecular weight excluding hydrogens is 271 g/mol. The summed E-state index contributed by atoms with van der Waals surface area (Å²) in [6.45, 7) is 5.52. The predicted octanol–water partition coefficient (Wildman–Crippen LogP) is 2.61. The molecule has 19 heavy (non-hydrogen) atoms. The second kappa shape index (κ2) is 6.21. The highest BCUT2D eigenvalue weighted by atomic mass is 35.5. The van der Waals surface area contributed by atoms with E-state index in [-0.39, 0.29) is 23.1 Å². The van der Waals surface area contributed by atoms with E-state index in [0.717, 1.165) is 6.07 Å². The number of rotatable bonds is 3. The summed E-state index contributed by atoms with van der Waals surface area (Å²) in [7, 11) is 0. The molecule has 3 N–H and O–H groups in total. The topological polar surface area (TPSA) is 61.4 Å². The molecule has 0 heterocycles. The quantitative estimate of drug-likeness (QED) is 0.801. The van der Waals surface area contributed by atoms with Crippen molar-refractivity contribution < 1.29 is 14.3 Å². The van der Waals surface area contributed by atoms with E-state index in [4.69, 9.17) is 11.6 Å². The maximum Gasteiger partial charge on any atom is 0.315 e. The highest BCUT2D eigenvalue weighted by molar-refractivity contribution is 6.30. The zero-order valence-corrected chi connectivity index (χ0v) is 11.9. The molecule has 0 spiro atoms. The third-order valence-corrected chi connectivity index (χ3v) is 2.58. The minimum absolute atomic E-state index is 0.00520. The largest absolute Gasteiger partial charge is 0.387 e. The summed E-state index contributed by atoms with van der Waals surface area (Å²) in [5.41, 5.74) is -0.000485. The Morgan fingerprint density at radius 2 is 2.11 bits per heavy atom. The fourth-order valence-corrected chi connectivity index (χ4v) is 1.53. The first-order valence-electron chi connectivity index (χ1n) is 5.88. The van der Waals surface area contributed by atoms with Crippen molar-refractivity contribution in [2.24, 2.45) is 0 Å². The molecule has 6 heteroatoms. The minimum atomic E-state index is -0.988. The summed E-state index contributed by atoms with van der Waals surface area (Å²) < 4.78 is 13.2. The summed E-state index contributed by atoms with van der Waals surface area (Å²) in [5, 5.41) is 15.0. The van der Waals surface area contributed by atoms with Crippen LogP contribution in [0.1, 0.15) is 32.4 Å². The van der Waals surface area contributed by atoms with E-state index in [1.165, 1.54) is 12.1 Å². The summed E-state index contributed by atoms with van der Waals surface area (Å²) in [6, 6.07) is 3.64. The van der Waals surface area contributed by atoms with Crippen LogP contribution >= 0.6 is 11.6 Å². The standard InChI is InChI=1S/C13H18ClFN2O2/c1-13(2,3)17-12(19)16-7-11(18)8-4-5-9(14)10(15)6-8/h4-6,11,18H,7H2,1-3H3,(H2,16,17,19). The Kier molecular flexibility index (Phi) is 5.14. The van der Waals surface area contributed by atoms with Gasteiger partial charge in [-0.15, -0.1) is 0 Å². The molecule has 0 saturated carbocycles. The van der Waals surface area contributed by atoms with Crippen molar-refractivity contribution in [1.82, 2.24) is 10.6 Å². The monoisotopic (exact) mass is 288 g/mol. The number of aliphatic hydroxyl groups excluding tert-OH is 1. The van der Waals surface area contributed by atoms with Crippen molar-refractivity contribution in [3.05, 3.63) is 34.6 Å². The number of amides is 2. The first-order valence-corrected chi connectivity index (χ1v) is 6.26. The lowest BCUT2D eigenvalue weighted by Crippen LogP contribution is -2.47. The van der Waals surface area contributed by atoms with Gasteiger partial charge in [-0.2, -0.15) is 0 Å². The van der Waals surface area contributed by atoms with Crippen molar-refractivity contribution >= 4 is 17.6 Å². The number of carbonyl (C=O) groups excluding carboxylic acids is 1. The second-order valence-electron chi connectivity index (χ2n) is 5.27. The summed E-state index contributed by atoms with van der Waals surface area (Å²) in [5.74, 6) is -0.600. The van der Waals surface area contributed by atoms with E-state index < -0.39 is 11.9 Å². The maximum absolute atomic E-state index is 13.2.